The van der Waals surface area contributed by atoms with Crippen molar-refractivity contribution >= 4 is 34.2 Å². The van der Waals surface area contributed by atoms with Crippen molar-refractivity contribution in [3.8, 4) is 0 Å². The van der Waals surface area contributed by atoms with E-state index in [9.17, 15) is 9.59 Å². The maximum absolute atomic E-state index is 12.2. The first-order chi connectivity index (χ1) is 19.4. The number of allylic oxidation sites excluding steroid dienone is 2. The van der Waals surface area contributed by atoms with Crippen LogP contribution in [-0.2, 0) is 21.7 Å². The molecule has 0 bridgehead atoms. The van der Waals surface area contributed by atoms with Gasteiger partial charge in [0.15, 0.2) is 0 Å². The Morgan fingerprint density at radius 3 is 0.976 bits per heavy atom. The van der Waals surface area contributed by atoms with Gasteiger partial charge in [-0.1, -0.05) is 97.1 Å². The van der Waals surface area contributed by atoms with Gasteiger partial charge in [-0.3, -0.25) is 9.59 Å². The molecule has 0 spiro atoms. The molecule has 0 saturated heterocycles. The van der Waals surface area contributed by atoms with Crippen LogP contribution in [0.5, 0.6) is 0 Å². The van der Waals surface area contributed by atoms with Crippen LogP contribution in [0.2, 0.25) is 0 Å². The van der Waals surface area contributed by atoms with Gasteiger partial charge in [0.2, 0.25) is 11.6 Å². The van der Waals surface area contributed by atoms with Crippen molar-refractivity contribution in [1.29, 1.82) is 0 Å². The molecule has 6 nitrogen and oxygen atoms in total. The maximum Gasteiger partial charge on any atom is 0.274 e. The van der Waals surface area contributed by atoms with Gasteiger partial charge >= 0.3 is 0 Å². The van der Waals surface area contributed by atoms with Crippen LogP contribution in [0.3, 0.4) is 0 Å². The normalized spacial score (nSPS) is 12.5. The van der Waals surface area contributed by atoms with E-state index in [-0.39, 0.29) is 33.3 Å². The number of hydrogen-bond acceptors (Lipinski definition) is 2. The molecule has 0 heterocycles. The average molecular weight is 589 g/mol. The fraction of sp³-hybridized carbons (Fsp3) is 0.118. The van der Waals surface area contributed by atoms with Crippen LogP contribution in [0.4, 0.5) is 0 Å². The first kappa shape index (κ1) is 33.1. The fourth-order valence-electron chi connectivity index (χ4n) is 4.32. The van der Waals surface area contributed by atoms with Gasteiger partial charge in [0, 0.05) is 46.7 Å². The Bertz CT molecular complexity index is 1410. The number of ketones is 2. The van der Waals surface area contributed by atoms with Gasteiger partial charge in [0.05, 0.1) is 11.1 Å². The number of benzene rings is 4. The smallest absolute Gasteiger partial charge is 0.274 e. The monoisotopic (exact) mass is 588 g/mol. The van der Waals surface area contributed by atoms with Crippen LogP contribution in [0.15, 0.2) is 109 Å². The van der Waals surface area contributed by atoms with E-state index < -0.39 is 0 Å². The maximum atomic E-state index is 12.2. The molecule has 0 unspecified atom stereocenters. The summed E-state index contributed by atoms with van der Waals surface area (Å²) in [6.45, 7) is 4.58. The summed E-state index contributed by atoms with van der Waals surface area (Å²) >= 11 is 0. The van der Waals surface area contributed by atoms with Crippen LogP contribution in [0.25, 0.3) is 22.7 Å². The number of carbonyl (C=O) groups excluding carboxylic acids is 2. The molecule has 4 aromatic carbocycles. The third kappa shape index (κ3) is 7.57. The molecule has 0 aromatic heterocycles. The van der Waals surface area contributed by atoms with Gasteiger partial charge in [-0.05, 0) is 23.3 Å². The van der Waals surface area contributed by atoms with Crippen molar-refractivity contribution in [1.82, 2.24) is 0 Å². The van der Waals surface area contributed by atoms with Gasteiger partial charge in [0.1, 0.15) is 24.4 Å². The SMILES string of the molecule is CC[OH2+].CC[OH2+].O=C1C(c2ccccc2)=C([OH2+])c2ccccc21.O=C1C(c2ccccc2)=C([OH2+])c2ccccc21.[Ti]. The first-order valence-corrected chi connectivity index (χ1v) is 13.0. The summed E-state index contributed by atoms with van der Waals surface area (Å²) in [5, 5.41) is 28.6. The van der Waals surface area contributed by atoms with Crippen molar-refractivity contribution in [3.05, 3.63) is 143 Å². The van der Waals surface area contributed by atoms with Gasteiger partial charge in [-0.2, -0.15) is 0 Å². The standard InChI is InChI=1S/2C15H10O2.2C2H6O.Ti/c2*16-14-11-8-4-5-9-12(11)15(17)13(14)10-6-2-1-3-7-10;2*1-2-3;/h2*1-9,16H;2*3H,2H2,1H3;/p+4. The van der Waals surface area contributed by atoms with Gasteiger partial charge in [-0.15, -0.1) is 0 Å². The zero-order valence-corrected chi connectivity index (χ0v) is 24.7. The van der Waals surface area contributed by atoms with Crippen molar-refractivity contribution in [2.75, 3.05) is 13.2 Å². The van der Waals surface area contributed by atoms with Crippen LogP contribution in [0, 0.1) is 0 Å². The molecular formula is C34H36O6Ti+4. The topological polar surface area (TPSA) is 126 Å². The molecule has 7 heteroatoms. The van der Waals surface area contributed by atoms with E-state index >= 15 is 0 Å². The zero-order chi connectivity index (χ0) is 29.1. The molecule has 0 atom stereocenters. The number of hydrogen-bond donors (Lipinski definition) is 0. The average Bonchev–Trinajstić information content (AvgIpc) is 3.39. The third-order valence-electron chi connectivity index (χ3n) is 5.96. The second-order valence-electron chi connectivity index (χ2n) is 8.69. The Labute approximate surface area is 254 Å². The van der Waals surface area contributed by atoms with Crippen molar-refractivity contribution in [2.45, 2.75) is 13.8 Å². The Kier molecular flexibility index (Phi) is 13.1. The number of rotatable bonds is 2. The molecule has 6 rings (SSSR count). The first-order valence-electron chi connectivity index (χ1n) is 13.0. The molecule has 41 heavy (non-hydrogen) atoms. The molecular weight excluding hydrogens is 552 g/mol. The largest absolute Gasteiger partial charge is 0.592 e. The van der Waals surface area contributed by atoms with E-state index in [1.165, 1.54) is 0 Å². The van der Waals surface area contributed by atoms with Crippen molar-refractivity contribution in [2.24, 2.45) is 0 Å². The minimum absolute atomic E-state index is 0. The summed E-state index contributed by atoms with van der Waals surface area (Å²) < 4.78 is 0. The molecule has 0 radical (unpaired) electrons. The molecule has 2 aliphatic rings. The van der Waals surface area contributed by atoms with E-state index in [2.05, 4.69) is 0 Å². The predicted molar refractivity (Wildman–Crippen MR) is 164 cm³/mol. The Balaban J connectivity index is 0.000000236. The van der Waals surface area contributed by atoms with Gasteiger partial charge in [-0.25, -0.2) is 0 Å². The Hall–Kier alpha value is -4.07. The molecule has 0 aliphatic heterocycles. The number of Topliss-reactive ketones (excluding diaryl/α,β-unsaturated/α-hetero) is 2. The fourth-order valence-corrected chi connectivity index (χ4v) is 4.32. The second kappa shape index (κ2) is 16.3. The van der Waals surface area contributed by atoms with E-state index in [1.807, 2.05) is 97.1 Å². The van der Waals surface area contributed by atoms with E-state index in [4.69, 9.17) is 20.4 Å². The van der Waals surface area contributed by atoms with Crippen LogP contribution in [-0.4, -0.2) is 45.2 Å². The number of fused-ring (bicyclic) bond motifs is 2. The summed E-state index contributed by atoms with van der Waals surface area (Å²) in [6.07, 6.45) is 0. The van der Waals surface area contributed by atoms with Crippen LogP contribution >= 0.6 is 0 Å². The zero-order valence-electron chi connectivity index (χ0n) is 23.1. The third-order valence-corrected chi connectivity index (χ3v) is 5.96. The quantitative estimate of drug-likeness (QED) is 0.254. The molecule has 4 aromatic rings. The van der Waals surface area contributed by atoms with E-state index in [0.29, 0.717) is 47.0 Å². The van der Waals surface area contributed by atoms with Crippen LogP contribution in [0.1, 0.15) is 56.8 Å². The summed E-state index contributed by atoms with van der Waals surface area (Å²) in [5.74, 6) is 0.571. The van der Waals surface area contributed by atoms with Gasteiger partial charge < -0.3 is 20.4 Å². The van der Waals surface area contributed by atoms with Gasteiger partial charge in [0.25, 0.3) is 11.5 Å². The van der Waals surface area contributed by atoms with Crippen LogP contribution < -0.4 is 0 Å². The molecule has 208 valence electrons. The Morgan fingerprint density at radius 1 is 0.463 bits per heavy atom. The summed E-state index contributed by atoms with van der Waals surface area (Å²) in [5.41, 5.74) is 5.39. The molecule has 0 saturated carbocycles. The van der Waals surface area contributed by atoms with E-state index in [1.54, 1.807) is 26.0 Å². The minimum atomic E-state index is -0.0446. The summed E-state index contributed by atoms with van der Waals surface area (Å²) in [7, 11) is 0. The summed E-state index contributed by atoms with van der Waals surface area (Å²) in [4.78, 5) is 24.5. The predicted octanol–water partition coefficient (Wildman–Crippen LogP) is 4.41. The van der Waals surface area contributed by atoms with Crippen molar-refractivity contribution in [3.63, 3.8) is 0 Å². The summed E-state index contributed by atoms with van der Waals surface area (Å²) in [6, 6.07) is 33.4. The Morgan fingerprint density at radius 2 is 0.707 bits per heavy atom. The molecule has 2 aliphatic carbocycles. The van der Waals surface area contributed by atoms with E-state index in [0.717, 1.165) is 22.3 Å². The molecule has 8 N–H and O–H groups in total. The molecule has 0 amide bonds. The number of carbonyl (C=O) groups is 2. The molecule has 0 fully saturated rings. The van der Waals surface area contributed by atoms with Crippen molar-refractivity contribution < 1.29 is 51.7 Å². The second-order valence-corrected chi connectivity index (χ2v) is 8.69. The minimum Gasteiger partial charge on any atom is -0.592 e.